The Balaban J connectivity index is 2.58. The van der Waals surface area contributed by atoms with Gasteiger partial charge < -0.3 is 10.7 Å². The highest BCUT2D eigenvalue weighted by Gasteiger charge is 2.10. The van der Waals surface area contributed by atoms with Crippen LogP contribution in [-0.4, -0.2) is 28.8 Å². The van der Waals surface area contributed by atoms with Crippen LogP contribution in [0.4, 0.5) is 14.6 Å². The molecule has 1 aromatic heterocycles. The molecule has 0 radical (unpaired) electrons. The van der Waals surface area contributed by atoms with E-state index < -0.39 is 18.9 Å². The van der Waals surface area contributed by atoms with Crippen molar-refractivity contribution in [3.8, 4) is 0 Å². The third kappa shape index (κ3) is 3.43. The molecule has 0 aliphatic heterocycles. The lowest BCUT2D eigenvalue weighted by Gasteiger charge is -2.03. The quantitative estimate of drug-likeness (QED) is 0.478. The minimum atomic E-state index is -2.59. The Bertz CT molecular complexity index is 329. The Morgan fingerprint density at radius 1 is 1.47 bits per heavy atom. The molecular weight excluding hydrogens is 208 g/mol. The summed E-state index contributed by atoms with van der Waals surface area (Å²) in [7, 11) is 0. The van der Waals surface area contributed by atoms with E-state index in [1.54, 1.807) is 0 Å². The van der Waals surface area contributed by atoms with Crippen molar-refractivity contribution < 1.29 is 13.6 Å². The van der Waals surface area contributed by atoms with Crippen molar-refractivity contribution in [3.05, 3.63) is 18.1 Å². The largest absolute Gasteiger partial charge is 0.345 e. The number of rotatable bonds is 4. The van der Waals surface area contributed by atoms with Gasteiger partial charge in [0, 0.05) is 0 Å². The van der Waals surface area contributed by atoms with Crippen LogP contribution >= 0.6 is 0 Å². The maximum absolute atomic E-state index is 11.8. The van der Waals surface area contributed by atoms with E-state index in [4.69, 9.17) is 5.84 Å². The van der Waals surface area contributed by atoms with E-state index >= 15 is 0 Å². The lowest BCUT2D eigenvalue weighted by Crippen LogP contribution is -2.29. The highest BCUT2D eigenvalue weighted by atomic mass is 19.3. The van der Waals surface area contributed by atoms with Crippen LogP contribution in [0.25, 0.3) is 0 Å². The molecule has 1 heterocycles. The minimum absolute atomic E-state index is 0.0466. The monoisotopic (exact) mass is 217 g/mol. The van der Waals surface area contributed by atoms with Gasteiger partial charge in [-0.15, -0.1) is 0 Å². The predicted octanol–water partition coefficient (Wildman–Crippen LogP) is -0.243. The summed E-state index contributed by atoms with van der Waals surface area (Å²) in [6.07, 6.45) is -0.236. The third-order valence-corrected chi connectivity index (χ3v) is 1.45. The zero-order chi connectivity index (χ0) is 11.3. The molecule has 4 N–H and O–H groups in total. The number of nitrogens with zero attached hydrogens (tertiary/aromatic N) is 2. The van der Waals surface area contributed by atoms with Gasteiger partial charge in [0.05, 0.1) is 18.9 Å². The van der Waals surface area contributed by atoms with Crippen molar-refractivity contribution in [1.29, 1.82) is 0 Å². The molecule has 0 spiro atoms. The fourth-order valence-corrected chi connectivity index (χ4v) is 0.780. The number of halogens is 2. The van der Waals surface area contributed by atoms with E-state index in [9.17, 15) is 13.6 Å². The van der Waals surface area contributed by atoms with Gasteiger partial charge in [-0.25, -0.2) is 24.6 Å². The maximum atomic E-state index is 11.8. The van der Waals surface area contributed by atoms with E-state index in [1.807, 2.05) is 5.32 Å². The number of aromatic nitrogens is 2. The topological polar surface area (TPSA) is 92.9 Å². The van der Waals surface area contributed by atoms with Crippen molar-refractivity contribution >= 4 is 11.7 Å². The van der Waals surface area contributed by atoms with Crippen molar-refractivity contribution in [2.75, 3.05) is 12.0 Å². The Morgan fingerprint density at radius 2 is 2.20 bits per heavy atom. The summed E-state index contributed by atoms with van der Waals surface area (Å²) in [5, 5.41) is 1.99. The van der Waals surface area contributed by atoms with E-state index in [0.29, 0.717) is 0 Å². The summed E-state index contributed by atoms with van der Waals surface area (Å²) in [5.74, 6) is 4.60. The maximum Gasteiger partial charge on any atom is 0.271 e. The molecule has 82 valence electrons. The standard InChI is InChI=1S/C7H9F2N5O/c8-5(9)2-13-7(15)4-1-12-6(14-10)3-11-4/h1,3,5H,2,10H2,(H,12,14)(H,13,15). The normalized spacial score (nSPS) is 10.1. The summed E-state index contributed by atoms with van der Waals surface area (Å²) >= 11 is 0. The number of carbonyl (C=O) groups is 1. The predicted molar refractivity (Wildman–Crippen MR) is 48.2 cm³/mol. The van der Waals surface area contributed by atoms with Crippen LogP contribution in [0.1, 0.15) is 10.5 Å². The third-order valence-electron chi connectivity index (χ3n) is 1.45. The average Bonchev–Trinajstić information content (AvgIpc) is 2.26. The van der Waals surface area contributed by atoms with Crippen LogP contribution in [0.2, 0.25) is 0 Å². The van der Waals surface area contributed by atoms with Crippen LogP contribution < -0.4 is 16.6 Å². The molecule has 1 aromatic rings. The number of amides is 1. The average molecular weight is 217 g/mol. The Hall–Kier alpha value is -1.83. The van der Waals surface area contributed by atoms with Crippen LogP contribution in [0.15, 0.2) is 12.4 Å². The summed E-state index contributed by atoms with van der Waals surface area (Å²) in [5.41, 5.74) is 2.17. The summed E-state index contributed by atoms with van der Waals surface area (Å²) in [6, 6.07) is 0. The second-order valence-corrected chi connectivity index (χ2v) is 2.53. The Labute approximate surface area is 83.9 Å². The lowest BCUT2D eigenvalue weighted by atomic mass is 10.4. The van der Waals surface area contributed by atoms with Crippen LogP contribution in [0.5, 0.6) is 0 Å². The van der Waals surface area contributed by atoms with Crippen molar-refractivity contribution in [1.82, 2.24) is 15.3 Å². The smallest absolute Gasteiger partial charge is 0.271 e. The molecule has 1 rings (SSSR count). The molecule has 0 saturated heterocycles. The van der Waals surface area contributed by atoms with Crippen LogP contribution in [-0.2, 0) is 0 Å². The molecule has 1 amide bonds. The summed E-state index contributed by atoms with van der Waals surface area (Å²) in [6.45, 7) is -0.711. The van der Waals surface area contributed by atoms with E-state index in [2.05, 4.69) is 15.4 Å². The first-order valence-corrected chi connectivity index (χ1v) is 3.98. The molecule has 15 heavy (non-hydrogen) atoms. The molecule has 0 fully saturated rings. The Morgan fingerprint density at radius 3 is 2.67 bits per heavy atom. The summed E-state index contributed by atoms with van der Waals surface area (Å²) < 4.78 is 23.5. The van der Waals surface area contributed by atoms with Gasteiger partial charge in [-0.05, 0) is 0 Å². The molecule has 0 bridgehead atoms. The van der Waals surface area contributed by atoms with Crippen LogP contribution in [0, 0.1) is 0 Å². The van der Waals surface area contributed by atoms with E-state index in [1.165, 1.54) is 6.20 Å². The number of anilines is 1. The minimum Gasteiger partial charge on any atom is -0.345 e. The fourth-order valence-electron chi connectivity index (χ4n) is 0.780. The highest BCUT2D eigenvalue weighted by molar-refractivity contribution is 5.91. The molecule has 6 nitrogen and oxygen atoms in total. The molecule has 0 aliphatic rings. The van der Waals surface area contributed by atoms with E-state index in [0.717, 1.165) is 6.20 Å². The second kappa shape index (κ2) is 5.15. The van der Waals surface area contributed by atoms with Gasteiger partial charge >= 0.3 is 0 Å². The van der Waals surface area contributed by atoms with E-state index in [-0.39, 0.29) is 11.5 Å². The number of alkyl halides is 2. The number of carbonyl (C=O) groups excluding carboxylic acids is 1. The number of nitrogen functional groups attached to an aromatic ring is 1. The van der Waals surface area contributed by atoms with Crippen molar-refractivity contribution in [2.24, 2.45) is 5.84 Å². The number of hydrazine groups is 1. The first-order valence-electron chi connectivity index (χ1n) is 3.98. The molecule has 0 aliphatic carbocycles. The zero-order valence-electron chi connectivity index (χ0n) is 7.58. The SMILES string of the molecule is NNc1cnc(C(=O)NCC(F)F)cn1. The molecule has 0 saturated carbocycles. The Kier molecular flexibility index (Phi) is 3.86. The second-order valence-electron chi connectivity index (χ2n) is 2.53. The molecule has 0 atom stereocenters. The zero-order valence-corrected chi connectivity index (χ0v) is 7.58. The van der Waals surface area contributed by atoms with Crippen molar-refractivity contribution in [3.63, 3.8) is 0 Å². The first kappa shape index (κ1) is 11.2. The number of hydrogen-bond acceptors (Lipinski definition) is 5. The molecular formula is C7H9F2N5O. The first-order chi connectivity index (χ1) is 7.13. The summed E-state index contributed by atoms with van der Waals surface area (Å²) in [4.78, 5) is 18.5. The van der Waals surface area contributed by atoms with Gasteiger partial charge in [0.25, 0.3) is 12.3 Å². The van der Waals surface area contributed by atoms with Gasteiger partial charge in [-0.2, -0.15) is 0 Å². The number of nitrogens with two attached hydrogens (primary N) is 1. The molecule has 8 heteroatoms. The fraction of sp³-hybridized carbons (Fsp3) is 0.286. The van der Waals surface area contributed by atoms with Gasteiger partial charge in [0.1, 0.15) is 5.69 Å². The van der Waals surface area contributed by atoms with Crippen molar-refractivity contribution in [2.45, 2.75) is 6.43 Å². The van der Waals surface area contributed by atoms with Gasteiger partial charge in [-0.1, -0.05) is 0 Å². The van der Waals surface area contributed by atoms with Gasteiger partial charge in [0.2, 0.25) is 0 Å². The molecule has 0 unspecified atom stereocenters. The number of hydrogen-bond donors (Lipinski definition) is 3. The number of nitrogens with one attached hydrogen (secondary N) is 2. The highest BCUT2D eigenvalue weighted by Crippen LogP contribution is 1.99. The lowest BCUT2D eigenvalue weighted by molar-refractivity contribution is 0.0886. The van der Waals surface area contributed by atoms with Crippen LogP contribution in [0.3, 0.4) is 0 Å². The van der Waals surface area contributed by atoms with Gasteiger partial charge in [0.15, 0.2) is 5.82 Å². The van der Waals surface area contributed by atoms with Gasteiger partial charge in [-0.3, -0.25) is 4.79 Å². The molecule has 0 aromatic carbocycles.